The Balaban J connectivity index is 1.72. The van der Waals surface area contributed by atoms with E-state index in [-0.39, 0.29) is 12.5 Å². The Morgan fingerprint density at radius 2 is 1.75 bits per heavy atom. The van der Waals surface area contributed by atoms with E-state index in [1.165, 1.54) is 34.1 Å². The van der Waals surface area contributed by atoms with E-state index in [1.807, 2.05) is 31.2 Å². The molecule has 146 valence electrons. The van der Waals surface area contributed by atoms with Crippen molar-refractivity contribution in [3.8, 4) is 0 Å². The van der Waals surface area contributed by atoms with E-state index in [2.05, 4.69) is 0 Å². The van der Waals surface area contributed by atoms with Gasteiger partial charge in [-0.2, -0.15) is 0 Å². The highest BCUT2D eigenvalue weighted by molar-refractivity contribution is 6.15. The van der Waals surface area contributed by atoms with Crippen molar-refractivity contribution < 1.29 is 18.8 Å². The summed E-state index contributed by atoms with van der Waals surface area (Å²) in [6.45, 7) is 3.61. The molecule has 4 amide bonds. The molecule has 1 aliphatic rings. The highest BCUT2D eigenvalue weighted by Crippen LogP contribution is 2.26. The van der Waals surface area contributed by atoms with E-state index in [4.69, 9.17) is 0 Å². The second-order valence-corrected chi connectivity index (χ2v) is 6.91. The van der Waals surface area contributed by atoms with Crippen LogP contribution in [0.3, 0.4) is 0 Å². The maximum Gasteiger partial charge on any atom is 0.332 e. The van der Waals surface area contributed by atoms with E-state index >= 15 is 0 Å². The molecule has 28 heavy (non-hydrogen) atoms. The number of halogens is 1. The predicted molar refractivity (Wildman–Crippen MR) is 103 cm³/mol. The number of hydrogen-bond acceptors (Lipinski definition) is 3. The molecule has 1 heterocycles. The highest BCUT2D eigenvalue weighted by Gasteiger charge is 2.44. The lowest BCUT2D eigenvalue weighted by Gasteiger charge is -2.22. The fourth-order valence-electron chi connectivity index (χ4n) is 3.19. The zero-order valence-corrected chi connectivity index (χ0v) is 16.1. The third-order valence-corrected chi connectivity index (χ3v) is 4.94. The van der Waals surface area contributed by atoms with Crippen LogP contribution in [0.25, 0.3) is 0 Å². The van der Waals surface area contributed by atoms with Gasteiger partial charge in [-0.05, 0) is 49.2 Å². The standard InChI is InChI=1S/C21H22FN3O3/c1-14-6-4-5-7-16(14)12-23(3)19(26)13-24-20(27)15(2)25(21(24)28)18-10-8-17(22)9-11-18/h4-11,15H,12-13H2,1-3H3. The van der Waals surface area contributed by atoms with Gasteiger partial charge in [0.15, 0.2) is 0 Å². The number of benzene rings is 2. The summed E-state index contributed by atoms with van der Waals surface area (Å²) in [7, 11) is 1.64. The van der Waals surface area contributed by atoms with E-state index in [0.717, 1.165) is 16.0 Å². The van der Waals surface area contributed by atoms with Crippen molar-refractivity contribution in [1.29, 1.82) is 0 Å². The van der Waals surface area contributed by atoms with E-state index < -0.39 is 23.8 Å². The molecule has 1 aliphatic heterocycles. The van der Waals surface area contributed by atoms with Gasteiger partial charge in [-0.15, -0.1) is 0 Å². The van der Waals surface area contributed by atoms with Crippen molar-refractivity contribution in [3.05, 3.63) is 65.5 Å². The number of anilines is 1. The Morgan fingerprint density at radius 3 is 2.39 bits per heavy atom. The molecule has 0 N–H and O–H groups in total. The quantitative estimate of drug-likeness (QED) is 0.746. The van der Waals surface area contributed by atoms with Gasteiger partial charge in [0, 0.05) is 19.3 Å². The molecule has 0 radical (unpaired) electrons. The molecule has 0 saturated carbocycles. The monoisotopic (exact) mass is 383 g/mol. The van der Waals surface area contributed by atoms with Crippen LogP contribution in [-0.2, 0) is 16.1 Å². The molecular weight excluding hydrogens is 361 g/mol. The number of imide groups is 1. The molecule has 0 bridgehead atoms. The summed E-state index contributed by atoms with van der Waals surface area (Å²) in [6, 6.07) is 11.7. The summed E-state index contributed by atoms with van der Waals surface area (Å²) in [4.78, 5) is 41.6. The van der Waals surface area contributed by atoms with Crippen molar-refractivity contribution in [2.45, 2.75) is 26.4 Å². The first-order valence-electron chi connectivity index (χ1n) is 8.98. The average molecular weight is 383 g/mol. The average Bonchev–Trinajstić information content (AvgIpc) is 2.88. The van der Waals surface area contributed by atoms with Gasteiger partial charge >= 0.3 is 6.03 Å². The second-order valence-electron chi connectivity index (χ2n) is 6.91. The lowest BCUT2D eigenvalue weighted by molar-refractivity contribution is -0.136. The number of likely N-dealkylation sites (N-methyl/N-ethyl adjacent to an activating group) is 1. The van der Waals surface area contributed by atoms with Crippen LogP contribution in [0, 0.1) is 12.7 Å². The van der Waals surface area contributed by atoms with Crippen LogP contribution in [0.1, 0.15) is 18.1 Å². The topological polar surface area (TPSA) is 60.9 Å². The van der Waals surface area contributed by atoms with Crippen molar-refractivity contribution in [2.75, 3.05) is 18.5 Å². The molecule has 1 fully saturated rings. The molecular formula is C21H22FN3O3. The number of aryl methyl sites for hydroxylation is 1. The Morgan fingerprint density at radius 1 is 1.11 bits per heavy atom. The number of rotatable bonds is 5. The van der Waals surface area contributed by atoms with Crippen LogP contribution in [0.4, 0.5) is 14.9 Å². The number of carbonyl (C=O) groups excluding carboxylic acids is 3. The summed E-state index contributed by atoms with van der Waals surface area (Å²) in [5.74, 6) is -1.22. The molecule has 3 rings (SSSR count). The van der Waals surface area contributed by atoms with Gasteiger partial charge in [0.25, 0.3) is 5.91 Å². The van der Waals surface area contributed by atoms with Crippen molar-refractivity contribution >= 4 is 23.5 Å². The van der Waals surface area contributed by atoms with Gasteiger partial charge in [-0.1, -0.05) is 24.3 Å². The molecule has 2 aromatic carbocycles. The van der Waals surface area contributed by atoms with Crippen molar-refractivity contribution in [1.82, 2.24) is 9.80 Å². The molecule has 2 aromatic rings. The maximum atomic E-state index is 13.2. The minimum absolute atomic E-state index is 0.331. The van der Waals surface area contributed by atoms with Gasteiger partial charge in [0.05, 0.1) is 0 Å². The van der Waals surface area contributed by atoms with Gasteiger partial charge in [-0.25, -0.2) is 9.18 Å². The fraction of sp³-hybridized carbons (Fsp3) is 0.286. The predicted octanol–water partition coefficient (Wildman–Crippen LogP) is 2.95. The van der Waals surface area contributed by atoms with Gasteiger partial charge in [-0.3, -0.25) is 19.4 Å². The Labute approximate surface area is 163 Å². The first-order valence-corrected chi connectivity index (χ1v) is 8.98. The summed E-state index contributed by atoms with van der Waals surface area (Å²) < 4.78 is 13.2. The van der Waals surface area contributed by atoms with Gasteiger partial charge in [0.1, 0.15) is 18.4 Å². The third-order valence-electron chi connectivity index (χ3n) is 4.94. The Bertz CT molecular complexity index is 913. The van der Waals surface area contributed by atoms with Gasteiger partial charge in [0.2, 0.25) is 5.91 Å². The number of carbonyl (C=O) groups is 3. The summed E-state index contributed by atoms with van der Waals surface area (Å²) in [6.07, 6.45) is 0. The normalized spacial score (nSPS) is 16.6. The molecule has 0 spiro atoms. The van der Waals surface area contributed by atoms with Crippen molar-refractivity contribution in [2.24, 2.45) is 0 Å². The van der Waals surface area contributed by atoms with Crippen LogP contribution >= 0.6 is 0 Å². The van der Waals surface area contributed by atoms with Gasteiger partial charge < -0.3 is 4.90 Å². The van der Waals surface area contributed by atoms with E-state index in [0.29, 0.717) is 12.2 Å². The van der Waals surface area contributed by atoms with E-state index in [9.17, 15) is 18.8 Å². The number of urea groups is 1. The molecule has 0 aliphatic carbocycles. The minimum Gasteiger partial charge on any atom is -0.340 e. The van der Waals surface area contributed by atoms with Crippen LogP contribution in [0.15, 0.2) is 48.5 Å². The molecule has 6 nitrogen and oxygen atoms in total. The highest BCUT2D eigenvalue weighted by atomic mass is 19.1. The largest absolute Gasteiger partial charge is 0.340 e. The van der Waals surface area contributed by atoms with Crippen molar-refractivity contribution in [3.63, 3.8) is 0 Å². The first kappa shape index (κ1) is 19.5. The zero-order chi connectivity index (χ0) is 20.4. The SMILES string of the molecule is Cc1ccccc1CN(C)C(=O)CN1C(=O)C(C)N(c2ccc(F)cc2)C1=O. The molecule has 0 aromatic heterocycles. The smallest absolute Gasteiger partial charge is 0.332 e. The first-order chi connectivity index (χ1) is 13.3. The Kier molecular flexibility index (Phi) is 5.44. The number of hydrogen-bond donors (Lipinski definition) is 0. The fourth-order valence-corrected chi connectivity index (χ4v) is 3.19. The lowest BCUT2D eigenvalue weighted by Crippen LogP contribution is -2.42. The number of amides is 4. The van der Waals surface area contributed by atoms with Crippen LogP contribution in [-0.4, -0.2) is 47.3 Å². The molecule has 1 saturated heterocycles. The lowest BCUT2D eigenvalue weighted by atomic mass is 10.1. The molecule has 1 atom stereocenters. The third kappa shape index (κ3) is 3.74. The van der Waals surface area contributed by atoms with Crippen LogP contribution in [0.5, 0.6) is 0 Å². The molecule has 7 heteroatoms. The summed E-state index contributed by atoms with van der Waals surface area (Å²) >= 11 is 0. The summed E-state index contributed by atoms with van der Waals surface area (Å²) in [5.41, 5.74) is 2.47. The maximum absolute atomic E-state index is 13.2. The van der Waals surface area contributed by atoms with E-state index in [1.54, 1.807) is 14.0 Å². The Hall–Kier alpha value is -3.22. The second kappa shape index (κ2) is 7.80. The summed E-state index contributed by atoms with van der Waals surface area (Å²) in [5, 5.41) is 0. The zero-order valence-electron chi connectivity index (χ0n) is 16.1. The van der Waals surface area contributed by atoms with Crippen LogP contribution in [0.2, 0.25) is 0 Å². The minimum atomic E-state index is -0.757. The van der Waals surface area contributed by atoms with Crippen LogP contribution < -0.4 is 4.90 Å². The number of nitrogens with zero attached hydrogens (tertiary/aromatic N) is 3. The molecule has 1 unspecified atom stereocenters.